The fourth-order valence-corrected chi connectivity index (χ4v) is 7.65. The van der Waals surface area contributed by atoms with E-state index in [1.807, 2.05) is 42.6 Å². The third-order valence-electron chi connectivity index (χ3n) is 9.94. The summed E-state index contributed by atoms with van der Waals surface area (Å²) in [5, 5.41) is 4.64. The quantitative estimate of drug-likeness (QED) is 0.172. The Hall–Kier alpha value is -7.29. The van der Waals surface area contributed by atoms with Crippen molar-refractivity contribution in [2.24, 2.45) is 0 Å². The van der Waals surface area contributed by atoms with Gasteiger partial charge in [0.25, 0.3) is 0 Å². The van der Waals surface area contributed by atoms with Crippen LogP contribution in [0.4, 0.5) is 5.69 Å². The van der Waals surface area contributed by atoms with Crippen molar-refractivity contribution in [1.29, 1.82) is 0 Å². The van der Waals surface area contributed by atoms with Crippen LogP contribution in [-0.4, -0.2) is 19.1 Å². The number of fused-ring (bicyclic) bond motifs is 7. The van der Waals surface area contributed by atoms with Gasteiger partial charge < -0.3 is 4.57 Å². The number of nitrogens with zero attached hydrogens (tertiary/aromatic N) is 5. The normalized spacial score (nSPS) is 11.4. The van der Waals surface area contributed by atoms with E-state index in [-0.39, 0.29) is 0 Å². The molecule has 10 aromatic rings. The Kier molecular flexibility index (Phi) is 6.80. The van der Waals surface area contributed by atoms with Crippen LogP contribution in [0.25, 0.3) is 93.6 Å². The Labute approximate surface area is 300 Å². The average Bonchev–Trinajstić information content (AvgIpc) is 3.74. The van der Waals surface area contributed by atoms with E-state index < -0.39 is 0 Å². The van der Waals surface area contributed by atoms with E-state index in [9.17, 15) is 0 Å². The summed E-state index contributed by atoms with van der Waals surface area (Å²) in [4.78, 5) is 13.9. The molecule has 0 amide bonds. The minimum atomic E-state index is 0.590. The molecule has 0 fully saturated rings. The molecule has 6 aromatic carbocycles. The van der Waals surface area contributed by atoms with Crippen LogP contribution < -0.4 is 0 Å². The summed E-state index contributed by atoms with van der Waals surface area (Å²) in [6.07, 6.45) is 1.88. The van der Waals surface area contributed by atoms with E-state index in [0.29, 0.717) is 5.69 Å². The molecular weight excluding hydrogens is 635 g/mol. The number of hydrogen-bond acceptors (Lipinski definition) is 2. The molecule has 4 heterocycles. The molecular formula is C47H29N5. The first kappa shape index (κ1) is 29.6. The first-order chi connectivity index (χ1) is 25.7. The summed E-state index contributed by atoms with van der Waals surface area (Å²) in [7, 11) is 0. The second-order valence-corrected chi connectivity index (χ2v) is 13.0. The lowest BCUT2D eigenvalue weighted by atomic mass is 9.99. The molecule has 0 bridgehead atoms. The third-order valence-corrected chi connectivity index (χ3v) is 9.94. The number of benzene rings is 6. The van der Waals surface area contributed by atoms with Gasteiger partial charge in [-0.3, -0.25) is 4.57 Å². The summed E-state index contributed by atoms with van der Waals surface area (Å²) in [5.74, 6) is 0. The molecule has 0 saturated heterocycles. The summed E-state index contributed by atoms with van der Waals surface area (Å²) in [6, 6.07) is 58.9. The van der Waals surface area contributed by atoms with Gasteiger partial charge in [-0.05, 0) is 83.4 Å². The molecule has 5 heteroatoms. The van der Waals surface area contributed by atoms with Crippen molar-refractivity contribution >= 4 is 49.4 Å². The number of para-hydroxylation sites is 2. The Morgan fingerprint density at radius 3 is 1.94 bits per heavy atom. The predicted octanol–water partition coefficient (Wildman–Crippen LogP) is 12.2. The second kappa shape index (κ2) is 11.9. The molecule has 10 rings (SSSR count). The second-order valence-electron chi connectivity index (χ2n) is 13.0. The van der Waals surface area contributed by atoms with E-state index >= 15 is 0 Å². The zero-order chi connectivity index (χ0) is 34.6. The average molecular weight is 664 g/mol. The smallest absolute Gasteiger partial charge is 0.187 e. The monoisotopic (exact) mass is 663 g/mol. The zero-order valence-electron chi connectivity index (χ0n) is 28.0. The van der Waals surface area contributed by atoms with Gasteiger partial charge in [-0.2, -0.15) is 0 Å². The van der Waals surface area contributed by atoms with Gasteiger partial charge in [0.1, 0.15) is 5.65 Å². The van der Waals surface area contributed by atoms with Crippen LogP contribution in [0, 0.1) is 6.57 Å². The van der Waals surface area contributed by atoms with Gasteiger partial charge in [0, 0.05) is 44.7 Å². The van der Waals surface area contributed by atoms with E-state index in [2.05, 4.69) is 147 Å². The molecule has 242 valence electrons. The summed E-state index contributed by atoms with van der Waals surface area (Å²) in [5.41, 5.74) is 12.8. The lowest BCUT2D eigenvalue weighted by Crippen LogP contribution is -1.97. The Morgan fingerprint density at radius 2 is 1.13 bits per heavy atom. The lowest BCUT2D eigenvalue weighted by Gasteiger charge is -2.13. The van der Waals surface area contributed by atoms with E-state index in [1.54, 1.807) is 0 Å². The highest BCUT2D eigenvalue weighted by Crippen LogP contribution is 2.42. The minimum Gasteiger partial charge on any atom is -0.309 e. The molecule has 0 aliphatic carbocycles. The van der Waals surface area contributed by atoms with Crippen LogP contribution in [-0.2, 0) is 0 Å². The van der Waals surface area contributed by atoms with Crippen molar-refractivity contribution in [3.05, 3.63) is 187 Å². The molecule has 0 radical (unpaired) electrons. The van der Waals surface area contributed by atoms with Crippen LogP contribution >= 0.6 is 0 Å². The minimum absolute atomic E-state index is 0.590. The first-order valence-electron chi connectivity index (χ1n) is 17.3. The van der Waals surface area contributed by atoms with Crippen LogP contribution in [0.5, 0.6) is 0 Å². The van der Waals surface area contributed by atoms with Gasteiger partial charge in [-0.25, -0.2) is 14.8 Å². The SMILES string of the molecule is [C-]#[N+]c1cccc(-c2cc(-c3ccccc3)cc(-c3cccc(-n4c5ncccc5c5ccc6c(c7ccccc7n6-c6ccccc6)c54)c3)n2)c1. The molecule has 4 aromatic heterocycles. The standard InChI is InChI=1S/C47H29N5/c1-48-35-17-10-15-32(27-35)41-29-34(31-13-4-2-5-14-31)30-42(50-41)33-16-11-20-37(28-33)52-46-38(39-22-12-26-49-47(39)52)24-25-44-45(46)40-21-8-9-23-43(40)51(44)36-18-6-3-7-19-36/h2-30H. The number of aromatic nitrogens is 4. The van der Waals surface area contributed by atoms with Crippen molar-refractivity contribution < 1.29 is 0 Å². The molecule has 0 N–H and O–H groups in total. The Morgan fingerprint density at radius 1 is 0.462 bits per heavy atom. The fourth-order valence-electron chi connectivity index (χ4n) is 7.65. The molecule has 0 unspecified atom stereocenters. The van der Waals surface area contributed by atoms with Crippen LogP contribution in [0.1, 0.15) is 0 Å². The van der Waals surface area contributed by atoms with E-state index in [4.69, 9.17) is 16.5 Å². The fraction of sp³-hybridized carbons (Fsp3) is 0. The van der Waals surface area contributed by atoms with Crippen molar-refractivity contribution in [3.8, 4) is 45.0 Å². The summed E-state index contributed by atoms with van der Waals surface area (Å²) in [6.45, 7) is 7.60. The van der Waals surface area contributed by atoms with E-state index in [1.165, 1.54) is 10.8 Å². The summed E-state index contributed by atoms with van der Waals surface area (Å²) < 4.78 is 4.68. The van der Waals surface area contributed by atoms with Gasteiger partial charge in [0.2, 0.25) is 0 Å². The van der Waals surface area contributed by atoms with Crippen molar-refractivity contribution in [1.82, 2.24) is 19.1 Å². The topological polar surface area (TPSA) is 40.0 Å². The van der Waals surface area contributed by atoms with Gasteiger partial charge in [-0.15, -0.1) is 0 Å². The molecule has 0 saturated carbocycles. The maximum Gasteiger partial charge on any atom is 0.187 e. The van der Waals surface area contributed by atoms with Crippen LogP contribution in [0.15, 0.2) is 176 Å². The lowest BCUT2D eigenvalue weighted by molar-refractivity contribution is 1.14. The molecule has 0 aliphatic heterocycles. The highest BCUT2D eigenvalue weighted by atomic mass is 15.1. The number of pyridine rings is 2. The van der Waals surface area contributed by atoms with Gasteiger partial charge >= 0.3 is 0 Å². The predicted molar refractivity (Wildman–Crippen MR) is 213 cm³/mol. The van der Waals surface area contributed by atoms with Gasteiger partial charge in [0.05, 0.1) is 34.5 Å². The first-order valence-corrected chi connectivity index (χ1v) is 17.3. The van der Waals surface area contributed by atoms with Gasteiger partial charge in [0.15, 0.2) is 5.69 Å². The van der Waals surface area contributed by atoms with Crippen molar-refractivity contribution in [2.45, 2.75) is 0 Å². The molecule has 52 heavy (non-hydrogen) atoms. The summed E-state index contributed by atoms with van der Waals surface area (Å²) >= 11 is 0. The molecule has 0 aliphatic rings. The van der Waals surface area contributed by atoms with Crippen LogP contribution in [0.2, 0.25) is 0 Å². The Bertz CT molecular complexity index is 3020. The Balaban J connectivity index is 1.24. The number of hydrogen-bond donors (Lipinski definition) is 0. The number of rotatable bonds is 5. The van der Waals surface area contributed by atoms with Crippen molar-refractivity contribution in [2.75, 3.05) is 0 Å². The largest absolute Gasteiger partial charge is 0.309 e. The van der Waals surface area contributed by atoms with Crippen molar-refractivity contribution in [3.63, 3.8) is 0 Å². The third kappa shape index (κ3) is 4.70. The zero-order valence-corrected chi connectivity index (χ0v) is 28.0. The maximum absolute atomic E-state index is 7.60. The highest BCUT2D eigenvalue weighted by molar-refractivity contribution is 6.25. The molecule has 0 spiro atoms. The van der Waals surface area contributed by atoms with E-state index in [0.717, 1.165) is 78.0 Å². The molecule has 0 atom stereocenters. The highest BCUT2D eigenvalue weighted by Gasteiger charge is 2.21. The maximum atomic E-state index is 7.60. The van der Waals surface area contributed by atoms with Crippen LogP contribution in [0.3, 0.4) is 0 Å². The van der Waals surface area contributed by atoms with Gasteiger partial charge in [-0.1, -0.05) is 103 Å². The molecule has 5 nitrogen and oxygen atoms in total.